The highest BCUT2D eigenvalue weighted by atomic mass is 16.5. The second-order valence-corrected chi connectivity index (χ2v) is 6.67. The van der Waals surface area contributed by atoms with Crippen molar-refractivity contribution in [2.24, 2.45) is 14.1 Å². The van der Waals surface area contributed by atoms with Gasteiger partial charge in [0.15, 0.2) is 11.5 Å². The maximum absolute atomic E-state index is 5.51. The predicted molar refractivity (Wildman–Crippen MR) is 110 cm³/mol. The third kappa shape index (κ3) is 2.78. The van der Waals surface area contributed by atoms with E-state index in [0.29, 0.717) is 17.2 Å². The molecule has 0 unspecified atom stereocenters. The predicted octanol–water partition coefficient (Wildman–Crippen LogP) is 4.27. The average Bonchev–Trinajstić information content (AvgIpc) is 3.29. The Balaban J connectivity index is 1.91. The first kappa shape index (κ1) is 18.0. The zero-order valence-electron chi connectivity index (χ0n) is 16.7. The summed E-state index contributed by atoms with van der Waals surface area (Å²) < 4.78 is 20.6. The quantitative estimate of drug-likeness (QED) is 0.521. The Morgan fingerprint density at radius 1 is 0.786 bits per heavy atom. The summed E-state index contributed by atoms with van der Waals surface area (Å²) in [6.07, 6.45) is 3.89. The Morgan fingerprint density at radius 2 is 1.50 bits per heavy atom. The van der Waals surface area contributed by atoms with E-state index in [1.807, 2.05) is 37.1 Å². The van der Waals surface area contributed by atoms with E-state index in [4.69, 9.17) is 14.2 Å². The lowest BCUT2D eigenvalue weighted by Crippen LogP contribution is -1.97. The molecule has 6 heteroatoms. The number of imidazole rings is 1. The van der Waals surface area contributed by atoms with E-state index in [0.717, 1.165) is 22.5 Å². The SMILES string of the molecule is COc1cc(-c2ncn(C)c2-c2ccc3c(ccn3C)c2)cc(OC)c1OC. The number of fused-ring (bicyclic) bond motifs is 1. The van der Waals surface area contributed by atoms with E-state index < -0.39 is 0 Å². The van der Waals surface area contributed by atoms with Crippen LogP contribution in [-0.4, -0.2) is 35.4 Å². The van der Waals surface area contributed by atoms with Gasteiger partial charge in [-0.1, -0.05) is 6.07 Å². The molecular weight excluding hydrogens is 354 g/mol. The third-order valence-corrected chi connectivity index (χ3v) is 5.03. The van der Waals surface area contributed by atoms with E-state index in [2.05, 4.69) is 40.0 Å². The molecule has 0 atom stereocenters. The molecule has 28 heavy (non-hydrogen) atoms. The number of hydrogen-bond acceptors (Lipinski definition) is 4. The largest absolute Gasteiger partial charge is 0.493 e. The normalized spacial score (nSPS) is 11.0. The Morgan fingerprint density at radius 3 is 2.14 bits per heavy atom. The molecule has 0 bridgehead atoms. The summed E-state index contributed by atoms with van der Waals surface area (Å²) in [6.45, 7) is 0. The molecular formula is C22H23N3O3. The Hall–Kier alpha value is -3.41. The fourth-order valence-electron chi connectivity index (χ4n) is 3.63. The maximum atomic E-state index is 5.51. The number of nitrogens with zero attached hydrogens (tertiary/aromatic N) is 3. The van der Waals surface area contributed by atoms with E-state index in [-0.39, 0.29) is 0 Å². The minimum absolute atomic E-state index is 0.567. The molecule has 0 aliphatic carbocycles. The van der Waals surface area contributed by atoms with Crippen LogP contribution in [0.15, 0.2) is 48.9 Å². The van der Waals surface area contributed by atoms with Crippen molar-refractivity contribution in [2.75, 3.05) is 21.3 Å². The molecule has 144 valence electrons. The minimum atomic E-state index is 0.567. The van der Waals surface area contributed by atoms with E-state index in [1.165, 1.54) is 10.9 Å². The van der Waals surface area contributed by atoms with E-state index >= 15 is 0 Å². The Labute approximate surface area is 163 Å². The van der Waals surface area contributed by atoms with Crippen LogP contribution in [0.2, 0.25) is 0 Å². The fraction of sp³-hybridized carbons (Fsp3) is 0.227. The van der Waals surface area contributed by atoms with Gasteiger partial charge >= 0.3 is 0 Å². The number of methoxy groups -OCH3 is 3. The lowest BCUT2D eigenvalue weighted by molar-refractivity contribution is 0.324. The number of aryl methyl sites for hydroxylation is 2. The molecule has 0 spiro atoms. The lowest BCUT2D eigenvalue weighted by Gasteiger charge is -2.14. The molecule has 0 amide bonds. The summed E-state index contributed by atoms with van der Waals surface area (Å²) in [5, 5.41) is 1.19. The van der Waals surface area contributed by atoms with Gasteiger partial charge in [-0.25, -0.2) is 4.98 Å². The van der Waals surface area contributed by atoms with Crippen LogP contribution < -0.4 is 14.2 Å². The van der Waals surface area contributed by atoms with Crippen molar-refractivity contribution < 1.29 is 14.2 Å². The van der Waals surface area contributed by atoms with Gasteiger partial charge in [-0.3, -0.25) is 0 Å². The second kappa shape index (κ2) is 6.96. The number of benzene rings is 2. The van der Waals surface area contributed by atoms with Gasteiger partial charge in [0, 0.05) is 42.3 Å². The number of hydrogen-bond donors (Lipinski definition) is 0. The van der Waals surface area contributed by atoms with Crippen molar-refractivity contribution in [2.45, 2.75) is 0 Å². The van der Waals surface area contributed by atoms with Gasteiger partial charge in [0.1, 0.15) is 0 Å². The topological polar surface area (TPSA) is 50.4 Å². The summed E-state index contributed by atoms with van der Waals surface area (Å²) in [7, 11) is 8.88. The van der Waals surface area contributed by atoms with Crippen LogP contribution in [-0.2, 0) is 14.1 Å². The first-order chi connectivity index (χ1) is 13.6. The van der Waals surface area contributed by atoms with Gasteiger partial charge in [-0.05, 0) is 30.3 Å². The number of aromatic nitrogens is 3. The van der Waals surface area contributed by atoms with Gasteiger partial charge in [0.05, 0.1) is 39.0 Å². The van der Waals surface area contributed by atoms with Crippen LogP contribution in [0.25, 0.3) is 33.4 Å². The van der Waals surface area contributed by atoms with E-state index in [9.17, 15) is 0 Å². The van der Waals surface area contributed by atoms with E-state index in [1.54, 1.807) is 21.3 Å². The summed E-state index contributed by atoms with van der Waals surface area (Å²) in [5.41, 5.74) is 5.08. The third-order valence-electron chi connectivity index (χ3n) is 5.03. The van der Waals surface area contributed by atoms with Crippen molar-refractivity contribution in [3.8, 4) is 39.8 Å². The molecule has 0 aliphatic rings. The monoisotopic (exact) mass is 377 g/mol. The second-order valence-electron chi connectivity index (χ2n) is 6.67. The first-order valence-electron chi connectivity index (χ1n) is 8.94. The van der Waals surface area contributed by atoms with Gasteiger partial charge < -0.3 is 23.3 Å². The zero-order chi connectivity index (χ0) is 19.8. The van der Waals surface area contributed by atoms with Gasteiger partial charge in [-0.15, -0.1) is 0 Å². The summed E-state index contributed by atoms with van der Waals surface area (Å²) in [6, 6.07) is 12.4. The fourth-order valence-corrected chi connectivity index (χ4v) is 3.63. The smallest absolute Gasteiger partial charge is 0.203 e. The summed E-state index contributed by atoms with van der Waals surface area (Å²) in [4.78, 5) is 4.66. The molecule has 0 fully saturated rings. The summed E-state index contributed by atoms with van der Waals surface area (Å²) >= 11 is 0. The highest BCUT2D eigenvalue weighted by molar-refractivity contribution is 5.88. The molecule has 0 aliphatic heterocycles. The van der Waals surface area contributed by atoms with Crippen LogP contribution in [0, 0.1) is 0 Å². The molecule has 2 aromatic carbocycles. The van der Waals surface area contributed by atoms with Crippen molar-refractivity contribution >= 4 is 10.9 Å². The molecule has 0 saturated carbocycles. The Bertz CT molecular complexity index is 1130. The van der Waals surface area contributed by atoms with Crippen molar-refractivity contribution in [1.82, 2.24) is 14.1 Å². The first-order valence-corrected chi connectivity index (χ1v) is 8.94. The molecule has 2 heterocycles. The molecule has 2 aromatic heterocycles. The highest BCUT2D eigenvalue weighted by Gasteiger charge is 2.19. The maximum Gasteiger partial charge on any atom is 0.203 e. The summed E-state index contributed by atoms with van der Waals surface area (Å²) in [5.74, 6) is 1.77. The molecule has 6 nitrogen and oxygen atoms in total. The van der Waals surface area contributed by atoms with Gasteiger partial charge in [0.2, 0.25) is 5.75 Å². The molecule has 0 radical (unpaired) electrons. The average molecular weight is 377 g/mol. The van der Waals surface area contributed by atoms with Crippen molar-refractivity contribution in [1.29, 1.82) is 0 Å². The standard InChI is InChI=1S/C22H23N3O3/c1-24-9-8-14-10-15(6-7-17(14)24)21-20(23-13-25(21)2)16-11-18(26-3)22(28-5)19(12-16)27-4/h6-13H,1-5H3. The molecule has 4 aromatic rings. The molecule has 4 rings (SSSR count). The van der Waals surface area contributed by atoms with Crippen LogP contribution in [0.3, 0.4) is 0 Å². The molecule has 0 saturated heterocycles. The zero-order valence-corrected chi connectivity index (χ0v) is 16.7. The van der Waals surface area contributed by atoms with Crippen LogP contribution in [0.1, 0.15) is 0 Å². The van der Waals surface area contributed by atoms with Crippen LogP contribution in [0.5, 0.6) is 17.2 Å². The molecule has 0 N–H and O–H groups in total. The van der Waals surface area contributed by atoms with Gasteiger partial charge in [-0.2, -0.15) is 0 Å². The lowest BCUT2D eigenvalue weighted by atomic mass is 10.0. The highest BCUT2D eigenvalue weighted by Crippen LogP contribution is 2.43. The minimum Gasteiger partial charge on any atom is -0.493 e. The number of ether oxygens (including phenoxy) is 3. The van der Waals surface area contributed by atoms with Crippen LogP contribution in [0.4, 0.5) is 0 Å². The Kier molecular flexibility index (Phi) is 4.47. The number of rotatable bonds is 5. The van der Waals surface area contributed by atoms with Crippen LogP contribution >= 0.6 is 0 Å². The van der Waals surface area contributed by atoms with Crippen molar-refractivity contribution in [3.05, 3.63) is 48.9 Å². The van der Waals surface area contributed by atoms with Gasteiger partial charge in [0.25, 0.3) is 0 Å². The van der Waals surface area contributed by atoms with Crippen molar-refractivity contribution in [3.63, 3.8) is 0 Å².